The first kappa shape index (κ1) is 13.0. The van der Waals surface area contributed by atoms with Gasteiger partial charge in [-0.3, -0.25) is 0 Å². The summed E-state index contributed by atoms with van der Waals surface area (Å²) in [5.74, 6) is 0.939. The maximum Gasteiger partial charge on any atom is 0.124 e. The molecule has 1 aromatic rings. The summed E-state index contributed by atoms with van der Waals surface area (Å²) in [4.78, 5) is 0. The Morgan fingerprint density at radius 2 is 1.94 bits per heavy atom. The molecule has 0 aliphatic heterocycles. The average molecular weight is 221 g/mol. The lowest BCUT2D eigenvalue weighted by Gasteiger charge is -2.13. The highest BCUT2D eigenvalue weighted by Crippen LogP contribution is 2.23. The third-order valence-electron chi connectivity index (χ3n) is 2.67. The first-order chi connectivity index (χ1) is 7.75. The van der Waals surface area contributed by atoms with Crippen LogP contribution in [-0.2, 0) is 0 Å². The van der Waals surface area contributed by atoms with Gasteiger partial charge in [-0.2, -0.15) is 0 Å². The normalized spacial score (nSPS) is 12.4. The Labute approximate surface area is 98.8 Å². The van der Waals surface area contributed by atoms with Crippen LogP contribution in [0.2, 0.25) is 0 Å². The minimum atomic E-state index is 0.0341. The smallest absolute Gasteiger partial charge is 0.124 e. The van der Waals surface area contributed by atoms with Crippen molar-refractivity contribution in [1.29, 1.82) is 0 Å². The van der Waals surface area contributed by atoms with E-state index in [1.54, 1.807) is 0 Å². The topological polar surface area (TPSA) is 35.2 Å². The predicted octanol–water partition coefficient (Wildman–Crippen LogP) is 3.67. The van der Waals surface area contributed by atoms with Crippen LogP contribution >= 0.6 is 0 Å². The van der Waals surface area contributed by atoms with Gasteiger partial charge in [-0.05, 0) is 19.4 Å². The lowest BCUT2D eigenvalue weighted by Crippen LogP contribution is -2.08. The van der Waals surface area contributed by atoms with Crippen molar-refractivity contribution in [3.05, 3.63) is 29.8 Å². The molecule has 0 radical (unpaired) electrons. The van der Waals surface area contributed by atoms with Crippen molar-refractivity contribution >= 4 is 0 Å². The van der Waals surface area contributed by atoms with Gasteiger partial charge in [-0.25, -0.2) is 0 Å². The quantitative estimate of drug-likeness (QED) is 0.713. The van der Waals surface area contributed by atoms with Crippen molar-refractivity contribution in [2.24, 2.45) is 5.73 Å². The van der Waals surface area contributed by atoms with E-state index in [4.69, 9.17) is 10.5 Å². The lowest BCUT2D eigenvalue weighted by molar-refractivity contribution is 0.301. The molecule has 0 fully saturated rings. The molecule has 16 heavy (non-hydrogen) atoms. The Morgan fingerprint density at radius 1 is 1.19 bits per heavy atom. The summed E-state index contributed by atoms with van der Waals surface area (Å²) in [5, 5.41) is 0. The number of rotatable bonds is 7. The van der Waals surface area contributed by atoms with Crippen molar-refractivity contribution in [3.8, 4) is 5.75 Å². The molecule has 1 unspecified atom stereocenters. The molecular formula is C14H23NO. The zero-order valence-electron chi connectivity index (χ0n) is 10.4. The van der Waals surface area contributed by atoms with Crippen molar-refractivity contribution in [2.45, 2.75) is 45.6 Å². The van der Waals surface area contributed by atoms with Gasteiger partial charge in [0, 0.05) is 11.6 Å². The van der Waals surface area contributed by atoms with E-state index in [-0.39, 0.29) is 6.04 Å². The Hall–Kier alpha value is -1.02. The fourth-order valence-corrected chi connectivity index (χ4v) is 1.70. The van der Waals surface area contributed by atoms with Crippen LogP contribution in [0.3, 0.4) is 0 Å². The second-order valence-corrected chi connectivity index (χ2v) is 4.24. The number of benzene rings is 1. The molecule has 2 heteroatoms. The van der Waals surface area contributed by atoms with Crippen LogP contribution in [-0.4, -0.2) is 6.61 Å². The number of nitrogens with two attached hydrogens (primary N) is 1. The largest absolute Gasteiger partial charge is 0.493 e. The van der Waals surface area contributed by atoms with Crippen molar-refractivity contribution in [1.82, 2.24) is 0 Å². The monoisotopic (exact) mass is 221 g/mol. The number of hydrogen-bond acceptors (Lipinski definition) is 2. The summed E-state index contributed by atoms with van der Waals surface area (Å²) in [6.45, 7) is 5.00. The highest BCUT2D eigenvalue weighted by atomic mass is 16.5. The van der Waals surface area contributed by atoms with Crippen LogP contribution in [0.4, 0.5) is 0 Å². The molecule has 0 aliphatic carbocycles. The molecule has 2 N–H and O–H groups in total. The van der Waals surface area contributed by atoms with E-state index in [0.29, 0.717) is 0 Å². The molecule has 0 spiro atoms. The van der Waals surface area contributed by atoms with Crippen molar-refractivity contribution < 1.29 is 4.74 Å². The SMILES string of the molecule is CCCCCCOc1ccccc1C(C)N. The van der Waals surface area contributed by atoms with E-state index in [0.717, 1.165) is 24.3 Å². The Morgan fingerprint density at radius 3 is 2.62 bits per heavy atom. The van der Waals surface area contributed by atoms with Gasteiger partial charge < -0.3 is 10.5 Å². The first-order valence-corrected chi connectivity index (χ1v) is 6.23. The second-order valence-electron chi connectivity index (χ2n) is 4.24. The molecule has 1 atom stereocenters. The molecule has 0 saturated carbocycles. The lowest BCUT2D eigenvalue weighted by atomic mass is 10.1. The maximum atomic E-state index is 5.89. The van der Waals surface area contributed by atoms with Crippen LogP contribution in [0.15, 0.2) is 24.3 Å². The summed E-state index contributed by atoms with van der Waals surface area (Å²) in [7, 11) is 0. The van der Waals surface area contributed by atoms with E-state index in [2.05, 4.69) is 6.92 Å². The minimum Gasteiger partial charge on any atom is -0.493 e. The molecule has 0 aliphatic rings. The molecule has 2 nitrogen and oxygen atoms in total. The maximum absolute atomic E-state index is 5.89. The molecular weight excluding hydrogens is 198 g/mol. The van der Waals surface area contributed by atoms with E-state index >= 15 is 0 Å². The summed E-state index contributed by atoms with van der Waals surface area (Å²) in [6, 6.07) is 8.06. The van der Waals surface area contributed by atoms with E-state index in [1.807, 2.05) is 31.2 Å². The first-order valence-electron chi connectivity index (χ1n) is 6.23. The highest BCUT2D eigenvalue weighted by Gasteiger charge is 2.06. The Kier molecular flexibility index (Phi) is 5.94. The number of para-hydroxylation sites is 1. The van der Waals surface area contributed by atoms with Gasteiger partial charge in [-0.1, -0.05) is 44.4 Å². The van der Waals surface area contributed by atoms with Crippen LogP contribution in [0.25, 0.3) is 0 Å². The zero-order chi connectivity index (χ0) is 11.8. The van der Waals surface area contributed by atoms with Crippen LogP contribution in [0, 0.1) is 0 Å². The predicted molar refractivity (Wildman–Crippen MR) is 68.7 cm³/mol. The number of ether oxygens (including phenoxy) is 1. The van der Waals surface area contributed by atoms with Gasteiger partial charge in [0.05, 0.1) is 6.61 Å². The minimum absolute atomic E-state index is 0.0341. The van der Waals surface area contributed by atoms with Gasteiger partial charge in [0.1, 0.15) is 5.75 Å². The molecule has 0 aromatic heterocycles. The van der Waals surface area contributed by atoms with Crippen LogP contribution < -0.4 is 10.5 Å². The van der Waals surface area contributed by atoms with Crippen molar-refractivity contribution in [3.63, 3.8) is 0 Å². The molecule has 0 bridgehead atoms. The van der Waals surface area contributed by atoms with Gasteiger partial charge in [0.25, 0.3) is 0 Å². The molecule has 90 valence electrons. The third-order valence-corrected chi connectivity index (χ3v) is 2.67. The fourth-order valence-electron chi connectivity index (χ4n) is 1.70. The van der Waals surface area contributed by atoms with Gasteiger partial charge >= 0.3 is 0 Å². The Balaban J connectivity index is 2.41. The molecule has 0 saturated heterocycles. The van der Waals surface area contributed by atoms with E-state index in [9.17, 15) is 0 Å². The Bertz CT molecular complexity index is 297. The van der Waals surface area contributed by atoms with Crippen molar-refractivity contribution in [2.75, 3.05) is 6.61 Å². The zero-order valence-corrected chi connectivity index (χ0v) is 10.4. The van der Waals surface area contributed by atoms with Gasteiger partial charge in [0.2, 0.25) is 0 Å². The van der Waals surface area contributed by atoms with E-state index < -0.39 is 0 Å². The molecule has 0 heterocycles. The van der Waals surface area contributed by atoms with E-state index in [1.165, 1.54) is 19.3 Å². The van der Waals surface area contributed by atoms with Crippen LogP contribution in [0.5, 0.6) is 5.75 Å². The third kappa shape index (κ3) is 4.23. The van der Waals surface area contributed by atoms with Crippen LogP contribution in [0.1, 0.15) is 51.1 Å². The number of hydrogen-bond donors (Lipinski definition) is 1. The highest BCUT2D eigenvalue weighted by molar-refractivity contribution is 5.35. The molecule has 1 aromatic carbocycles. The molecule has 0 amide bonds. The fraction of sp³-hybridized carbons (Fsp3) is 0.571. The summed E-state index contributed by atoms with van der Waals surface area (Å²) in [5.41, 5.74) is 6.98. The summed E-state index contributed by atoms with van der Waals surface area (Å²) < 4.78 is 5.77. The summed E-state index contributed by atoms with van der Waals surface area (Å²) >= 11 is 0. The van der Waals surface area contributed by atoms with Gasteiger partial charge in [0.15, 0.2) is 0 Å². The number of unbranched alkanes of at least 4 members (excludes halogenated alkanes) is 3. The average Bonchev–Trinajstić information content (AvgIpc) is 2.29. The van der Waals surface area contributed by atoms with Gasteiger partial charge in [-0.15, -0.1) is 0 Å². The summed E-state index contributed by atoms with van der Waals surface area (Å²) in [6.07, 6.45) is 4.92. The standard InChI is InChI=1S/C14H23NO/c1-3-4-5-8-11-16-14-10-7-6-9-13(14)12(2)15/h6-7,9-10,12H,3-5,8,11,15H2,1-2H3. The second kappa shape index (κ2) is 7.29. The molecule has 1 rings (SSSR count).